The molecule has 17 nitrogen and oxygen atoms in total. The van der Waals surface area contributed by atoms with Gasteiger partial charge in [-0.05, 0) is 29.8 Å². The van der Waals surface area contributed by atoms with Crippen LogP contribution in [0.4, 0.5) is 5.69 Å². The van der Waals surface area contributed by atoms with E-state index in [1.165, 1.54) is 19.1 Å². The van der Waals surface area contributed by atoms with Crippen LogP contribution in [0.25, 0.3) is 11.4 Å². The van der Waals surface area contributed by atoms with Crippen LogP contribution in [0, 0.1) is 0 Å². The summed E-state index contributed by atoms with van der Waals surface area (Å²) in [6, 6.07) is 12.1. The smallest absolute Gasteiger partial charge is 0.352 e. The highest BCUT2D eigenvalue weighted by Crippen LogP contribution is 2.45. The van der Waals surface area contributed by atoms with E-state index in [9.17, 15) is 43.5 Å². The number of carbonyl (C=O) groups excluding carboxylic acids is 6. The number of aromatic amines is 1. The van der Waals surface area contributed by atoms with Gasteiger partial charge in [0.2, 0.25) is 17.7 Å². The van der Waals surface area contributed by atoms with Crippen LogP contribution in [0.5, 0.6) is 0 Å². The number of carbonyl (C=O) groups is 7. The van der Waals surface area contributed by atoms with Gasteiger partial charge in [0.25, 0.3) is 11.5 Å². The number of ketones is 1. The molecule has 1 aromatic heterocycles. The van der Waals surface area contributed by atoms with Gasteiger partial charge < -0.3 is 36.5 Å². The number of amides is 4. The van der Waals surface area contributed by atoms with Crippen molar-refractivity contribution >= 4 is 58.8 Å². The van der Waals surface area contributed by atoms with Crippen molar-refractivity contribution in [2.75, 3.05) is 18.5 Å². The number of nitrogens with two attached hydrogens (primary N) is 1. The summed E-state index contributed by atoms with van der Waals surface area (Å²) >= 11 is 0.796. The number of fused-ring (bicyclic) bond motifs is 1. The third kappa shape index (κ3) is 7.86. The first-order valence-electron chi connectivity index (χ1n) is 15.2. The molecule has 51 heavy (non-hydrogen) atoms. The molecule has 4 atom stereocenters. The Labute approximate surface area is 293 Å². The predicted octanol–water partition coefficient (Wildman–Crippen LogP) is 0.0645. The van der Waals surface area contributed by atoms with E-state index in [2.05, 4.69) is 25.9 Å². The van der Waals surface area contributed by atoms with Crippen molar-refractivity contribution in [2.45, 2.75) is 36.6 Å². The Morgan fingerprint density at radius 1 is 1.04 bits per heavy atom. The van der Waals surface area contributed by atoms with Crippen molar-refractivity contribution < 1.29 is 43.4 Å². The third-order valence-electron chi connectivity index (χ3n) is 7.80. The molecule has 1 fully saturated rings. The summed E-state index contributed by atoms with van der Waals surface area (Å²) in [5.74, 6) is -5.53. The zero-order valence-electron chi connectivity index (χ0n) is 27.0. The summed E-state index contributed by atoms with van der Waals surface area (Å²) < 4.78 is 5.06. The Kier molecular flexibility index (Phi) is 10.8. The number of aromatic nitrogens is 2. The number of aliphatic carboxylic acids is 1. The molecule has 7 N–H and O–H groups in total. The van der Waals surface area contributed by atoms with Crippen molar-refractivity contribution in [3.63, 3.8) is 0 Å². The van der Waals surface area contributed by atoms with E-state index in [-0.39, 0.29) is 23.8 Å². The number of carboxylic acids is 1. The molecule has 0 bridgehead atoms. The van der Waals surface area contributed by atoms with Crippen molar-refractivity contribution in [2.24, 2.45) is 5.73 Å². The quantitative estimate of drug-likeness (QED) is 0.0824. The minimum absolute atomic E-state index is 0.0687. The molecule has 2 aliphatic rings. The highest BCUT2D eigenvalue weighted by molar-refractivity contribution is 8.01. The molecule has 3 aromatic rings. The highest BCUT2D eigenvalue weighted by atomic mass is 32.2. The molecule has 3 heterocycles. The summed E-state index contributed by atoms with van der Waals surface area (Å²) in [6.07, 6.45) is 1.01. The standard InChI is InChI=1S/C33H31N7O10S/c1-15(41)35-13-22(43)37-19-10-8-18(9-11-19)28-36-12-20(29(45)39-28)26(44)27-21(14-50-16(2)42)25(33(48)49)40-31(47)24(32(40)51-27)38-30(46)23(34)17-6-4-3-5-7-17/h3-12,23-24,27,32H,13-14,34H2,1-2H3,(H,35,41)(H,37,43)(H,38,46)(H,48,49)(H,36,39,45)/t23-,24?,27?,32-/m1/s1. The minimum atomic E-state index is -1.60. The zero-order valence-corrected chi connectivity index (χ0v) is 27.8. The summed E-state index contributed by atoms with van der Waals surface area (Å²) in [7, 11) is 0. The summed E-state index contributed by atoms with van der Waals surface area (Å²) in [5, 5.41) is 15.2. The Bertz CT molecular complexity index is 2020. The lowest BCUT2D eigenvalue weighted by Crippen LogP contribution is -2.72. The van der Waals surface area contributed by atoms with Crippen LogP contribution in [-0.2, 0) is 33.5 Å². The molecule has 0 saturated carbocycles. The number of β-lactam (4-membered cyclic amide) rings is 1. The molecule has 0 spiro atoms. The number of esters is 1. The second-order valence-corrected chi connectivity index (χ2v) is 12.5. The fourth-order valence-corrected chi connectivity index (χ4v) is 6.84. The first-order valence-corrected chi connectivity index (χ1v) is 16.2. The number of rotatable bonds is 12. The number of nitrogens with one attached hydrogen (secondary N) is 4. The van der Waals surface area contributed by atoms with Gasteiger partial charge in [-0.1, -0.05) is 30.3 Å². The maximum absolute atomic E-state index is 14.0. The van der Waals surface area contributed by atoms with E-state index in [0.717, 1.165) is 29.8 Å². The fraction of sp³-hybridized carbons (Fsp3) is 0.242. The van der Waals surface area contributed by atoms with Crippen LogP contribution < -0.4 is 27.2 Å². The van der Waals surface area contributed by atoms with Gasteiger partial charge >= 0.3 is 11.9 Å². The number of H-pyrrole nitrogens is 1. The molecule has 2 unspecified atom stereocenters. The number of anilines is 1. The first kappa shape index (κ1) is 36.1. The summed E-state index contributed by atoms with van der Waals surface area (Å²) in [6.45, 7) is 1.45. The van der Waals surface area contributed by atoms with E-state index in [0.29, 0.717) is 16.8 Å². The van der Waals surface area contributed by atoms with Crippen molar-refractivity contribution in [3.8, 4) is 11.4 Å². The van der Waals surface area contributed by atoms with Gasteiger partial charge in [-0.25, -0.2) is 9.78 Å². The van der Waals surface area contributed by atoms with E-state index in [4.69, 9.17) is 10.5 Å². The number of hydrogen-bond acceptors (Lipinski definition) is 12. The molecular formula is C33H31N7O10S. The van der Waals surface area contributed by atoms with Crippen LogP contribution >= 0.6 is 11.8 Å². The van der Waals surface area contributed by atoms with Crippen LogP contribution in [0.3, 0.4) is 0 Å². The van der Waals surface area contributed by atoms with E-state index >= 15 is 0 Å². The van der Waals surface area contributed by atoms with Gasteiger partial charge in [0.15, 0.2) is 5.78 Å². The number of nitrogens with zero attached hydrogens (tertiary/aromatic N) is 2. The molecule has 5 rings (SSSR count). The average molecular weight is 718 g/mol. The van der Waals surface area contributed by atoms with Crippen molar-refractivity contribution in [1.29, 1.82) is 0 Å². The highest BCUT2D eigenvalue weighted by Gasteiger charge is 2.57. The van der Waals surface area contributed by atoms with Crippen molar-refractivity contribution in [1.82, 2.24) is 25.5 Å². The molecule has 0 aliphatic carbocycles. The minimum Gasteiger partial charge on any atom is -0.477 e. The fourth-order valence-electron chi connectivity index (χ4n) is 5.29. The SMILES string of the molecule is CC(=O)NCC(=O)Nc1ccc(-c2ncc(C(=O)C3S[C@@H]4C(NC(=O)[C@H](N)c5ccccc5)C(=O)N4C(C(=O)O)=C3COC(C)=O)c(=O)[nH]2)cc1. The van der Waals surface area contributed by atoms with Gasteiger partial charge in [-0.2, -0.15) is 0 Å². The lowest BCUT2D eigenvalue weighted by atomic mass is 9.97. The lowest BCUT2D eigenvalue weighted by molar-refractivity contribution is -0.151. The third-order valence-corrected chi connectivity index (χ3v) is 9.33. The average Bonchev–Trinajstić information content (AvgIpc) is 3.11. The number of thioether (sulfide) groups is 1. The molecule has 18 heteroatoms. The number of carboxylic acid groups (broad SMARTS) is 1. The number of benzene rings is 2. The van der Waals surface area contributed by atoms with Crippen LogP contribution in [0.2, 0.25) is 0 Å². The van der Waals surface area contributed by atoms with Gasteiger partial charge in [-0.3, -0.25) is 38.5 Å². The normalized spacial score (nSPS) is 18.5. The Morgan fingerprint density at radius 2 is 1.73 bits per heavy atom. The molecular weight excluding hydrogens is 686 g/mol. The monoisotopic (exact) mass is 717 g/mol. The second-order valence-electron chi connectivity index (χ2n) is 11.3. The predicted molar refractivity (Wildman–Crippen MR) is 181 cm³/mol. The lowest BCUT2D eigenvalue weighted by Gasteiger charge is -2.51. The summed E-state index contributed by atoms with van der Waals surface area (Å²) in [5.41, 5.74) is 5.19. The van der Waals surface area contributed by atoms with E-state index in [1.54, 1.807) is 42.5 Å². The van der Waals surface area contributed by atoms with Gasteiger partial charge in [-0.15, -0.1) is 11.8 Å². The van der Waals surface area contributed by atoms with E-state index in [1.807, 2.05) is 0 Å². The topological polar surface area (TPSA) is 260 Å². The number of ether oxygens (including phenoxy) is 1. The second kappa shape index (κ2) is 15.2. The number of Topliss-reactive ketones (excluding diaryl/α,β-unsaturated/α-hetero) is 1. The Balaban J connectivity index is 1.40. The largest absolute Gasteiger partial charge is 0.477 e. The molecule has 2 aromatic carbocycles. The molecule has 2 aliphatic heterocycles. The van der Waals surface area contributed by atoms with Gasteiger partial charge in [0.1, 0.15) is 41.1 Å². The van der Waals surface area contributed by atoms with Crippen molar-refractivity contribution in [3.05, 3.63) is 93.5 Å². The maximum atomic E-state index is 14.0. The van der Waals surface area contributed by atoms with Crippen LogP contribution in [0.1, 0.15) is 35.8 Å². The summed E-state index contributed by atoms with van der Waals surface area (Å²) in [4.78, 5) is 108. The number of hydrogen-bond donors (Lipinski definition) is 6. The van der Waals surface area contributed by atoms with E-state index < -0.39 is 81.6 Å². The van der Waals surface area contributed by atoms with Crippen LogP contribution in [0.15, 0.2) is 76.9 Å². The molecule has 264 valence electrons. The molecule has 4 amide bonds. The Morgan fingerprint density at radius 3 is 2.33 bits per heavy atom. The van der Waals surface area contributed by atoms with Gasteiger partial charge in [0.05, 0.1) is 11.8 Å². The Hall–Kier alpha value is -6.14. The maximum Gasteiger partial charge on any atom is 0.352 e. The van der Waals surface area contributed by atoms with Crippen LogP contribution in [-0.4, -0.2) is 91.1 Å². The first-order chi connectivity index (χ1) is 24.3. The molecule has 1 saturated heterocycles. The zero-order chi connectivity index (χ0) is 37.0. The van der Waals surface area contributed by atoms with Gasteiger partial charge in [0, 0.05) is 36.9 Å². The molecule has 0 radical (unpaired) electrons.